The molecular formula is C14H13Br3N2. The number of halogens is 3. The van der Waals surface area contributed by atoms with E-state index in [0.29, 0.717) is 0 Å². The summed E-state index contributed by atoms with van der Waals surface area (Å²) in [5.41, 5.74) is 9.95. The van der Waals surface area contributed by atoms with Crippen molar-refractivity contribution in [2.24, 2.45) is 5.73 Å². The number of nitrogens with two attached hydrogens (primary N) is 1. The van der Waals surface area contributed by atoms with Gasteiger partial charge in [-0.2, -0.15) is 0 Å². The molecule has 0 spiro atoms. The van der Waals surface area contributed by atoms with Crippen molar-refractivity contribution in [2.75, 3.05) is 0 Å². The van der Waals surface area contributed by atoms with Gasteiger partial charge in [0, 0.05) is 31.4 Å². The Hall–Kier alpha value is -0.100. The quantitative estimate of drug-likeness (QED) is 0.646. The van der Waals surface area contributed by atoms with E-state index < -0.39 is 0 Å². The monoisotopic (exact) mass is 446 g/mol. The first-order valence-corrected chi connectivity index (χ1v) is 8.56. The predicted molar refractivity (Wildman–Crippen MR) is 88.7 cm³/mol. The van der Waals surface area contributed by atoms with Gasteiger partial charge in [-0.1, -0.05) is 15.9 Å². The van der Waals surface area contributed by atoms with Crippen LogP contribution < -0.4 is 5.73 Å². The van der Waals surface area contributed by atoms with Crippen molar-refractivity contribution in [3.8, 4) is 5.69 Å². The molecule has 5 heteroatoms. The second kappa shape index (κ2) is 5.35. The minimum atomic E-state index is 0.179. The van der Waals surface area contributed by atoms with E-state index in [9.17, 15) is 0 Å². The standard InChI is InChI=1S/C14H13Br3N2/c15-8-6-10(16)14(11(17)7-8)19-5-4-9-12(18)2-1-3-13(9)19/h4-7,12H,1-3,18H2. The highest BCUT2D eigenvalue weighted by atomic mass is 79.9. The van der Waals surface area contributed by atoms with E-state index >= 15 is 0 Å². The summed E-state index contributed by atoms with van der Waals surface area (Å²) >= 11 is 10.8. The minimum Gasteiger partial charge on any atom is -0.324 e. The summed E-state index contributed by atoms with van der Waals surface area (Å²) in [6, 6.07) is 6.46. The van der Waals surface area contributed by atoms with Crippen LogP contribution in [0.2, 0.25) is 0 Å². The fourth-order valence-electron chi connectivity index (χ4n) is 2.70. The second-order valence-corrected chi connectivity index (χ2v) is 7.43. The summed E-state index contributed by atoms with van der Waals surface area (Å²) in [4.78, 5) is 0. The van der Waals surface area contributed by atoms with Crippen molar-refractivity contribution in [1.82, 2.24) is 4.57 Å². The molecule has 2 N–H and O–H groups in total. The second-order valence-electron chi connectivity index (χ2n) is 4.80. The molecule has 100 valence electrons. The van der Waals surface area contributed by atoms with Crippen molar-refractivity contribution < 1.29 is 0 Å². The fourth-order valence-corrected chi connectivity index (χ4v) is 5.34. The zero-order chi connectivity index (χ0) is 13.6. The minimum absolute atomic E-state index is 0.179. The first-order valence-electron chi connectivity index (χ1n) is 6.18. The van der Waals surface area contributed by atoms with Crippen LogP contribution in [-0.2, 0) is 6.42 Å². The van der Waals surface area contributed by atoms with Gasteiger partial charge in [-0.15, -0.1) is 0 Å². The molecule has 1 atom stereocenters. The molecule has 1 aromatic carbocycles. The van der Waals surface area contributed by atoms with Crippen molar-refractivity contribution >= 4 is 47.8 Å². The van der Waals surface area contributed by atoms with Crippen LogP contribution in [0.15, 0.2) is 37.8 Å². The molecule has 1 unspecified atom stereocenters. The Morgan fingerprint density at radius 1 is 1.16 bits per heavy atom. The zero-order valence-corrected chi connectivity index (χ0v) is 14.9. The lowest BCUT2D eigenvalue weighted by Gasteiger charge is -2.22. The summed E-state index contributed by atoms with van der Waals surface area (Å²) < 4.78 is 5.42. The molecule has 19 heavy (non-hydrogen) atoms. The van der Waals surface area contributed by atoms with Crippen molar-refractivity contribution in [3.05, 3.63) is 49.1 Å². The van der Waals surface area contributed by atoms with Crippen LogP contribution in [0.1, 0.15) is 30.1 Å². The predicted octanol–water partition coefficient (Wildman–Crippen LogP) is 5.10. The number of rotatable bonds is 1. The van der Waals surface area contributed by atoms with Crippen molar-refractivity contribution in [2.45, 2.75) is 25.3 Å². The Balaban J connectivity index is 2.19. The Labute approximate surface area is 137 Å². The molecular weight excluding hydrogens is 436 g/mol. The average Bonchev–Trinajstić information content (AvgIpc) is 2.73. The maximum Gasteiger partial charge on any atom is 0.0738 e. The normalized spacial score (nSPS) is 18.4. The number of hydrogen-bond donors (Lipinski definition) is 1. The van der Waals surface area contributed by atoms with Gasteiger partial charge in [-0.25, -0.2) is 0 Å². The van der Waals surface area contributed by atoms with Crippen molar-refractivity contribution in [3.63, 3.8) is 0 Å². The topological polar surface area (TPSA) is 30.9 Å². The molecule has 1 aliphatic rings. The van der Waals surface area contributed by atoms with Crippen LogP contribution in [0.4, 0.5) is 0 Å². The molecule has 3 rings (SSSR count). The van der Waals surface area contributed by atoms with Gasteiger partial charge in [0.15, 0.2) is 0 Å². The summed E-state index contributed by atoms with van der Waals surface area (Å²) in [5.74, 6) is 0. The van der Waals surface area contributed by atoms with E-state index in [-0.39, 0.29) is 6.04 Å². The summed E-state index contributed by atoms with van der Waals surface area (Å²) in [6.07, 6.45) is 5.45. The lowest BCUT2D eigenvalue weighted by Crippen LogP contribution is -2.18. The molecule has 0 saturated carbocycles. The van der Waals surface area contributed by atoms with Crippen molar-refractivity contribution in [1.29, 1.82) is 0 Å². The Morgan fingerprint density at radius 2 is 1.84 bits per heavy atom. The van der Waals surface area contributed by atoms with E-state index in [0.717, 1.165) is 38.4 Å². The highest BCUT2D eigenvalue weighted by molar-refractivity contribution is 9.11. The number of benzene rings is 1. The van der Waals surface area contributed by atoms with Gasteiger partial charge in [0.25, 0.3) is 0 Å². The Bertz CT molecular complexity index is 611. The number of aromatic nitrogens is 1. The van der Waals surface area contributed by atoms with Gasteiger partial charge in [-0.3, -0.25) is 0 Å². The van der Waals surface area contributed by atoms with Gasteiger partial charge in [0.2, 0.25) is 0 Å². The van der Waals surface area contributed by atoms with Crippen LogP contribution >= 0.6 is 47.8 Å². The largest absolute Gasteiger partial charge is 0.324 e. The first-order chi connectivity index (χ1) is 9.08. The maximum atomic E-state index is 6.19. The van der Waals surface area contributed by atoms with Gasteiger partial charge in [0.1, 0.15) is 0 Å². The van der Waals surface area contributed by atoms with Crippen LogP contribution in [0.25, 0.3) is 5.69 Å². The van der Waals surface area contributed by atoms with Crippen LogP contribution in [0.3, 0.4) is 0 Å². The Kier molecular flexibility index (Phi) is 3.91. The first kappa shape index (κ1) is 13.9. The van der Waals surface area contributed by atoms with Crippen LogP contribution in [0, 0.1) is 0 Å². The van der Waals surface area contributed by atoms with Gasteiger partial charge >= 0.3 is 0 Å². The van der Waals surface area contributed by atoms with Gasteiger partial charge in [-0.05, 0) is 74.9 Å². The molecule has 1 heterocycles. The maximum absolute atomic E-state index is 6.19. The highest BCUT2D eigenvalue weighted by Crippen LogP contribution is 2.37. The molecule has 0 aliphatic heterocycles. The lowest BCUT2D eigenvalue weighted by molar-refractivity contribution is 0.560. The van der Waals surface area contributed by atoms with E-state index in [1.165, 1.54) is 11.3 Å². The number of hydrogen-bond acceptors (Lipinski definition) is 1. The molecule has 0 saturated heterocycles. The molecule has 1 aliphatic carbocycles. The summed E-state index contributed by atoms with van der Waals surface area (Å²) in [7, 11) is 0. The molecule has 0 radical (unpaired) electrons. The SMILES string of the molecule is NC1CCCc2c1ccn2-c1c(Br)cc(Br)cc1Br. The average molecular weight is 449 g/mol. The summed E-state index contributed by atoms with van der Waals surface area (Å²) in [6.45, 7) is 0. The Morgan fingerprint density at radius 3 is 2.53 bits per heavy atom. The third kappa shape index (κ3) is 2.46. The van der Waals surface area contributed by atoms with Crippen LogP contribution in [-0.4, -0.2) is 4.57 Å². The fraction of sp³-hybridized carbons (Fsp3) is 0.286. The van der Waals surface area contributed by atoms with Gasteiger partial charge in [0.05, 0.1) is 5.69 Å². The smallest absolute Gasteiger partial charge is 0.0738 e. The molecule has 1 aromatic heterocycles. The molecule has 2 nitrogen and oxygen atoms in total. The zero-order valence-electron chi connectivity index (χ0n) is 10.2. The van der Waals surface area contributed by atoms with E-state index in [1.807, 2.05) is 0 Å². The van der Waals surface area contributed by atoms with Gasteiger partial charge < -0.3 is 10.3 Å². The molecule has 0 fully saturated rings. The van der Waals surface area contributed by atoms with E-state index in [4.69, 9.17) is 5.73 Å². The van der Waals surface area contributed by atoms with E-state index in [1.54, 1.807) is 0 Å². The number of nitrogens with zero attached hydrogens (tertiary/aromatic N) is 1. The highest BCUT2D eigenvalue weighted by Gasteiger charge is 2.22. The lowest BCUT2D eigenvalue weighted by atomic mass is 9.93. The molecule has 0 bridgehead atoms. The van der Waals surface area contributed by atoms with E-state index in [2.05, 4.69) is 76.8 Å². The van der Waals surface area contributed by atoms with Crippen LogP contribution in [0.5, 0.6) is 0 Å². The molecule has 2 aromatic rings. The third-order valence-corrected chi connectivity index (χ3v) is 5.24. The number of fused-ring (bicyclic) bond motifs is 1. The third-order valence-electron chi connectivity index (χ3n) is 3.58. The summed E-state index contributed by atoms with van der Waals surface area (Å²) in [5, 5.41) is 0. The molecule has 0 amide bonds.